The lowest BCUT2D eigenvalue weighted by Crippen LogP contribution is -2.35. The Labute approximate surface area is 182 Å². The average molecular weight is 421 g/mol. The van der Waals surface area contributed by atoms with Gasteiger partial charge in [-0.1, -0.05) is 18.2 Å². The molecule has 0 atom stereocenters. The summed E-state index contributed by atoms with van der Waals surface area (Å²) in [7, 11) is 3.34. The van der Waals surface area contributed by atoms with E-state index >= 15 is 0 Å². The van der Waals surface area contributed by atoms with Crippen LogP contribution < -0.4 is 14.8 Å². The molecule has 0 spiro atoms. The first-order valence-electron chi connectivity index (χ1n) is 10.5. The molecule has 162 valence electrons. The highest BCUT2D eigenvalue weighted by Crippen LogP contribution is 2.28. The van der Waals surface area contributed by atoms with Crippen LogP contribution in [-0.2, 0) is 6.54 Å². The zero-order valence-corrected chi connectivity index (χ0v) is 18.0. The number of ether oxygens (including phenoxy) is 2. The third kappa shape index (κ3) is 5.06. The number of amides is 1. The second-order valence-corrected chi connectivity index (χ2v) is 7.71. The lowest BCUT2D eigenvalue weighted by atomic mass is 10.0. The van der Waals surface area contributed by atoms with Crippen molar-refractivity contribution in [3.8, 4) is 11.5 Å². The van der Waals surface area contributed by atoms with Crippen LogP contribution in [0.4, 0.5) is 5.82 Å². The fourth-order valence-electron chi connectivity index (χ4n) is 4.02. The number of aromatic nitrogens is 2. The van der Waals surface area contributed by atoms with Crippen molar-refractivity contribution in [3.05, 3.63) is 71.9 Å². The molecule has 1 saturated heterocycles. The van der Waals surface area contributed by atoms with Crippen LogP contribution in [0.5, 0.6) is 11.5 Å². The van der Waals surface area contributed by atoms with Gasteiger partial charge in [-0.3, -0.25) is 9.69 Å². The summed E-state index contributed by atoms with van der Waals surface area (Å²) in [5.74, 6) is 2.23. The fourth-order valence-corrected chi connectivity index (χ4v) is 4.02. The SMILES string of the molecule is COc1cc(CN2CCC(n3nccc3NC(=O)c3ccccc3)CC2)cc(OC)c1. The highest BCUT2D eigenvalue weighted by molar-refractivity contribution is 6.03. The molecule has 1 aliphatic heterocycles. The number of hydrogen-bond donors (Lipinski definition) is 1. The van der Waals surface area contributed by atoms with Gasteiger partial charge in [-0.25, -0.2) is 4.68 Å². The van der Waals surface area contributed by atoms with Crippen molar-refractivity contribution in [1.82, 2.24) is 14.7 Å². The highest BCUT2D eigenvalue weighted by Gasteiger charge is 2.23. The van der Waals surface area contributed by atoms with Crippen molar-refractivity contribution in [1.29, 1.82) is 0 Å². The zero-order valence-electron chi connectivity index (χ0n) is 18.0. The van der Waals surface area contributed by atoms with Crippen molar-refractivity contribution < 1.29 is 14.3 Å². The lowest BCUT2D eigenvalue weighted by Gasteiger charge is -2.32. The number of nitrogens with one attached hydrogen (secondary N) is 1. The van der Waals surface area contributed by atoms with Crippen molar-refractivity contribution in [3.63, 3.8) is 0 Å². The van der Waals surface area contributed by atoms with Crippen LogP contribution in [-0.4, -0.2) is 47.9 Å². The van der Waals surface area contributed by atoms with Gasteiger partial charge in [0, 0.05) is 37.3 Å². The second-order valence-electron chi connectivity index (χ2n) is 7.71. The molecule has 1 aromatic heterocycles. The van der Waals surface area contributed by atoms with Crippen molar-refractivity contribution >= 4 is 11.7 Å². The summed E-state index contributed by atoms with van der Waals surface area (Å²) < 4.78 is 12.7. The summed E-state index contributed by atoms with van der Waals surface area (Å²) >= 11 is 0. The number of likely N-dealkylation sites (tertiary alicyclic amines) is 1. The fraction of sp³-hybridized carbons (Fsp3) is 0.333. The van der Waals surface area contributed by atoms with E-state index in [0.29, 0.717) is 5.56 Å². The number of benzene rings is 2. The van der Waals surface area contributed by atoms with Crippen LogP contribution in [0.1, 0.15) is 34.8 Å². The van der Waals surface area contributed by atoms with Gasteiger partial charge in [-0.15, -0.1) is 0 Å². The smallest absolute Gasteiger partial charge is 0.256 e. The molecule has 7 nitrogen and oxygen atoms in total. The maximum Gasteiger partial charge on any atom is 0.256 e. The molecule has 0 radical (unpaired) electrons. The Hall–Kier alpha value is -3.32. The Balaban J connectivity index is 1.37. The summed E-state index contributed by atoms with van der Waals surface area (Å²) in [6, 6.07) is 17.4. The molecule has 1 aliphatic rings. The van der Waals surface area contributed by atoms with E-state index in [0.717, 1.165) is 49.8 Å². The number of carbonyl (C=O) groups excluding carboxylic acids is 1. The van der Waals surface area contributed by atoms with Crippen molar-refractivity contribution in [2.24, 2.45) is 0 Å². The van der Waals surface area contributed by atoms with Crippen molar-refractivity contribution in [2.75, 3.05) is 32.6 Å². The zero-order chi connectivity index (χ0) is 21.6. The lowest BCUT2D eigenvalue weighted by molar-refractivity contribution is 0.102. The van der Waals surface area contributed by atoms with Crippen LogP contribution >= 0.6 is 0 Å². The Bertz CT molecular complexity index is 988. The van der Waals surface area contributed by atoms with Gasteiger partial charge in [0.05, 0.1) is 26.5 Å². The Morgan fingerprint density at radius 2 is 1.71 bits per heavy atom. The molecule has 0 saturated carbocycles. The quantitative estimate of drug-likeness (QED) is 0.626. The minimum absolute atomic E-state index is 0.119. The molecule has 1 amide bonds. The number of rotatable bonds is 7. The summed E-state index contributed by atoms with van der Waals surface area (Å²) in [4.78, 5) is 15.0. The van der Waals surface area contributed by atoms with Crippen LogP contribution in [0, 0.1) is 0 Å². The predicted molar refractivity (Wildman–Crippen MR) is 120 cm³/mol. The normalized spacial score (nSPS) is 14.9. The van der Waals surface area contributed by atoms with Crippen LogP contribution in [0.2, 0.25) is 0 Å². The molecule has 1 N–H and O–H groups in total. The summed E-state index contributed by atoms with van der Waals surface area (Å²) in [6.45, 7) is 2.75. The third-order valence-electron chi connectivity index (χ3n) is 5.67. The van der Waals surface area contributed by atoms with E-state index in [2.05, 4.69) is 27.4 Å². The maximum absolute atomic E-state index is 12.5. The number of piperidine rings is 1. The van der Waals surface area contributed by atoms with E-state index in [1.807, 2.05) is 47.1 Å². The van der Waals surface area contributed by atoms with E-state index < -0.39 is 0 Å². The van der Waals surface area contributed by atoms with Gasteiger partial charge in [-0.2, -0.15) is 5.10 Å². The van der Waals surface area contributed by atoms with E-state index in [1.54, 1.807) is 20.4 Å². The van der Waals surface area contributed by atoms with Crippen LogP contribution in [0.25, 0.3) is 0 Å². The van der Waals surface area contributed by atoms with Gasteiger partial charge in [-0.05, 0) is 42.7 Å². The van der Waals surface area contributed by atoms with Crippen molar-refractivity contribution in [2.45, 2.75) is 25.4 Å². The number of nitrogens with zero attached hydrogens (tertiary/aromatic N) is 3. The first kappa shape index (κ1) is 20.9. The largest absolute Gasteiger partial charge is 0.497 e. The summed E-state index contributed by atoms with van der Waals surface area (Å²) in [5, 5.41) is 7.49. The van der Waals surface area contributed by atoms with Gasteiger partial charge >= 0.3 is 0 Å². The van der Waals surface area contributed by atoms with Crippen LogP contribution in [0.15, 0.2) is 60.8 Å². The highest BCUT2D eigenvalue weighted by atomic mass is 16.5. The molecule has 0 unspecified atom stereocenters. The van der Waals surface area contributed by atoms with Gasteiger partial charge in [0.1, 0.15) is 17.3 Å². The van der Waals surface area contributed by atoms with E-state index in [4.69, 9.17) is 9.47 Å². The van der Waals surface area contributed by atoms with E-state index in [1.165, 1.54) is 5.56 Å². The predicted octanol–water partition coefficient (Wildman–Crippen LogP) is 3.99. The molecule has 2 aromatic carbocycles. The molecule has 3 aromatic rings. The molecule has 0 aliphatic carbocycles. The topological polar surface area (TPSA) is 68.6 Å². The molecule has 4 rings (SSSR count). The first-order chi connectivity index (χ1) is 15.2. The average Bonchev–Trinajstić information content (AvgIpc) is 3.27. The van der Waals surface area contributed by atoms with Gasteiger partial charge in [0.2, 0.25) is 0 Å². The molecule has 0 bridgehead atoms. The monoisotopic (exact) mass is 420 g/mol. The van der Waals surface area contributed by atoms with E-state index in [-0.39, 0.29) is 11.9 Å². The molecular formula is C24H28N4O3. The molecule has 1 fully saturated rings. The molecule has 31 heavy (non-hydrogen) atoms. The van der Waals surface area contributed by atoms with Gasteiger partial charge in [0.25, 0.3) is 5.91 Å². The number of carbonyl (C=O) groups is 1. The number of anilines is 1. The van der Waals surface area contributed by atoms with Gasteiger partial charge < -0.3 is 14.8 Å². The van der Waals surface area contributed by atoms with E-state index in [9.17, 15) is 4.79 Å². The summed E-state index contributed by atoms with van der Waals surface area (Å²) in [6.07, 6.45) is 3.68. The maximum atomic E-state index is 12.5. The molecule has 7 heteroatoms. The molecule has 2 heterocycles. The Morgan fingerprint density at radius 1 is 1.03 bits per heavy atom. The number of hydrogen-bond acceptors (Lipinski definition) is 5. The minimum Gasteiger partial charge on any atom is -0.497 e. The van der Waals surface area contributed by atoms with Crippen LogP contribution in [0.3, 0.4) is 0 Å². The third-order valence-corrected chi connectivity index (χ3v) is 5.67. The Kier molecular flexibility index (Phi) is 6.52. The first-order valence-corrected chi connectivity index (χ1v) is 10.5. The molecular weight excluding hydrogens is 392 g/mol. The summed E-state index contributed by atoms with van der Waals surface area (Å²) in [5.41, 5.74) is 1.81. The minimum atomic E-state index is -0.119. The second kappa shape index (κ2) is 9.66. The number of methoxy groups -OCH3 is 2. The van der Waals surface area contributed by atoms with Gasteiger partial charge in [0.15, 0.2) is 0 Å². The Morgan fingerprint density at radius 3 is 2.35 bits per heavy atom. The standard InChI is InChI=1S/C24H28N4O3/c1-30-21-14-18(15-22(16-21)31-2)17-27-12-9-20(10-13-27)28-23(8-11-25-28)26-24(29)19-6-4-3-5-7-19/h3-8,11,14-16,20H,9-10,12-13,17H2,1-2H3,(H,26,29).